The number of halogens is 2. The van der Waals surface area contributed by atoms with Crippen LogP contribution in [0.4, 0.5) is 4.39 Å². The molecule has 1 aliphatic heterocycles. The third-order valence-electron chi connectivity index (χ3n) is 5.16. The van der Waals surface area contributed by atoms with E-state index in [-0.39, 0.29) is 18.2 Å². The molecule has 1 N–H and O–H groups in total. The van der Waals surface area contributed by atoms with E-state index in [1.165, 1.54) is 37.7 Å². The van der Waals surface area contributed by atoms with Crippen molar-refractivity contribution < 1.29 is 9.13 Å². The van der Waals surface area contributed by atoms with Gasteiger partial charge in [-0.2, -0.15) is 0 Å². The first-order valence-electron chi connectivity index (χ1n) is 8.58. The fourth-order valence-corrected chi connectivity index (χ4v) is 4.05. The van der Waals surface area contributed by atoms with Crippen LogP contribution in [0, 0.1) is 11.7 Å². The number of methoxy groups -OCH3 is 1. The first kappa shape index (κ1) is 18.5. The lowest BCUT2D eigenvalue weighted by Crippen LogP contribution is -2.47. The Labute approximate surface area is 145 Å². The second kappa shape index (κ2) is 8.86. The van der Waals surface area contributed by atoms with Gasteiger partial charge in [0, 0.05) is 32.2 Å². The third-order valence-corrected chi connectivity index (χ3v) is 5.16. The van der Waals surface area contributed by atoms with Crippen LogP contribution < -0.4 is 10.1 Å². The Bertz CT molecular complexity index is 470. The Balaban J connectivity index is 0.00000192. The van der Waals surface area contributed by atoms with Gasteiger partial charge in [0.25, 0.3) is 0 Å². The van der Waals surface area contributed by atoms with Crippen LogP contribution in [0.3, 0.4) is 0 Å². The van der Waals surface area contributed by atoms with Gasteiger partial charge < -0.3 is 10.1 Å². The maximum absolute atomic E-state index is 13.8. The predicted octanol–water partition coefficient (Wildman–Crippen LogP) is 3.78. The number of hydrogen-bond acceptors (Lipinski definition) is 3. The lowest BCUT2D eigenvalue weighted by Gasteiger charge is -2.41. The van der Waals surface area contributed by atoms with E-state index in [0.717, 1.165) is 26.2 Å². The number of nitrogens with zero attached hydrogens (tertiary/aromatic N) is 1. The van der Waals surface area contributed by atoms with Gasteiger partial charge in [-0.1, -0.05) is 25.3 Å². The zero-order valence-electron chi connectivity index (χ0n) is 13.9. The molecule has 0 unspecified atom stereocenters. The molecular formula is C18H28ClFN2O. The molecule has 1 aliphatic carbocycles. The van der Waals surface area contributed by atoms with E-state index in [0.29, 0.717) is 17.7 Å². The van der Waals surface area contributed by atoms with Crippen LogP contribution in [0.15, 0.2) is 18.2 Å². The molecule has 2 aliphatic rings. The van der Waals surface area contributed by atoms with Gasteiger partial charge in [-0.25, -0.2) is 4.39 Å². The predicted molar refractivity (Wildman–Crippen MR) is 94.0 cm³/mol. The smallest absolute Gasteiger partial charge is 0.165 e. The van der Waals surface area contributed by atoms with Crippen LogP contribution >= 0.6 is 12.4 Å². The molecule has 0 bridgehead atoms. The molecule has 1 saturated heterocycles. The molecule has 1 atom stereocenters. The second-order valence-corrected chi connectivity index (χ2v) is 6.52. The molecule has 130 valence electrons. The maximum Gasteiger partial charge on any atom is 0.165 e. The highest BCUT2D eigenvalue weighted by Crippen LogP contribution is 2.39. The summed E-state index contributed by atoms with van der Waals surface area (Å²) >= 11 is 0. The standard InChI is InChI=1S/C18H27FN2O.ClH/c1-22-17-13-15(7-8-16(17)19)18(14-5-3-2-4-6-14)21-11-9-20-10-12-21;/h7-8,13-14,18,20H,2-6,9-12H2,1H3;1H/t18-;/m0./s1. The fourth-order valence-electron chi connectivity index (χ4n) is 4.05. The van der Waals surface area contributed by atoms with Crippen LogP contribution in [0.1, 0.15) is 43.7 Å². The van der Waals surface area contributed by atoms with Gasteiger partial charge in [0.05, 0.1) is 7.11 Å². The Kier molecular flexibility index (Phi) is 7.12. The van der Waals surface area contributed by atoms with Crippen LogP contribution in [0.5, 0.6) is 5.75 Å². The molecule has 0 spiro atoms. The Morgan fingerprint density at radius 2 is 1.87 bits per heavy atom. The van der Waals surface area contributed by atoms with Crippen molar-refractivity contribution >= 4 is 12.4 Å². The highest BCUT2D eigenvalue weighted by molar-refractivity contribution is 5.85. The van der Waals surface area contributed by atoms with E-state index in [1.807, 2.05) is 12.1 Å². The molecular weight excluding hydrogens is 315 g/mol. The number of hydrogen-bond donors (Lipinski definition) is 1. The quantitative estimate of drug-likeness (QED) is 0.901. The van der Waals surface area contributed by atoms with Crippen molar-refractivity contribution in [1.29, 1.82) is 0 Å². The molecule has 5 heteroatoms. The first-order valence-corrected chi connectivity index (χ1v) is 8.58. The number of piperazine rings is 1. The second-order valence-electron chi connectivity index (χ2n) is 6.52. The Morgan fingerprint density at radius 3 is 2.52 bits per heavy atom. The molecule has 1 heterocycles. The minimum atomic E-state index is -0.269. The number of ether oxygens (including phenoxy) is 1. The van der Waals surface area contributed by atoms with Crippen LogP contribution in [-0.2, 0) is 0 Å². The highest BCUT2D eigenvalue weighted by Gasteiger charge is 2.31. The molecule has 1 aromatic carbocycles. The zero-order chi connectivity index (χ0) is 15.4. The highest BCUT2D eigenvalue weighted by atomic mass is 35.5. The van der Waals surface area contributed by atoms with Crippen LogP contribution in [0.25, 0.3) is 0 Å². The summed E-state index contributed by atoms with van der Waals surface area (Å²) in [6.45, 7) is 4.23. The van der Waals surface area contributed by atoms with Gasteiger partial charge in [-0.05, 0) is 36.5 Å². The maximum atomic E-state index is 13.8. The summed E-state index contributed by atoms with van der Waals surface area (Å²) in [6, 6.07) is 5.83. The normalized spacial score (nSPS) is 21.5. The summed E-state index contributed by atoms with van der Waals surface area (Å²) in [5.74, 6) is 0.782. The number of nitrogens with one attached hydrogen (secondary N) is 1. The number of rotatable bonds is 4. The van der Waals surface area contributed by atoms with Gasteiger partial charge in [0.2, 0.25) is 0 Å². The van der Waals surface area contributed by atoms with E-state index in [9.17, 15) is 4.39 Å². The summed E-state index contributed by atoms with van der Waals surface area (Å²) in [4.78, 5) is 2.58. The average Bonchev–Trinajstić information content (AvgIpc) is 2.58. The molecule has 3 nitrogen and oxygen atoms in total. The SMILES string of the molecule is COc1cc([C@H](C2CCCCC2)N2CCNCC2)ccc1F.Cl. The van der Waals surface area contributed by atoms with E-state index in [4.69, 9.17) is 4.74 Å². The number of benzene rings is 1. The minimum Gasteiger partial charge on any atom is -0.494 e. The Morgan fingerprint density at radius 1 is 1.17 bits per heavy atom. The van der Waals surface area contributed by atoms with E-state index in [2.05, 4.69) is 10.2 Å². The molecule has 0 radical (unpaired) electrons. The van der Waals surface area contributed by atoms with Crippen LogP contribution in [-0.4, -0.2) is 38.2 Å². The van der Waals surface area contributed by atoms with Crippen molar-refractivity contribution in [3.8, 4) is 5.75 Å². The van der Waals surface area contributed by atoms with Gasteiger partial charge in [0.15, 0.2) is 11.6 Å². The average molecular weight is 343 g/mol. The summed E-state index contributed by atoms with van der Waals surface area (Å²) in [5, 5.41) is 3.43. The topological polar surface area (TPSA) is 24.5 Å². The molecule has 1 saturated carbocycles. The summed E-state index contributed by atoms with van der Waals surface area (Å²) in [7, 11) is 1.54. The van der Waals surface area contributed by atoms with Crippen molar-refractivity contribution in [2.75, 3.05) is 33.3 Å². The summed E-state index contributed by atoms with van der Waals surface area (Å²) in [6.07, 6.45) is 6.58. The van der Waals surface area contributed by atoms with Crippen molar-refractivity contribution in [2.45, 2.75) is 38.1 Å². The lowest BCUT2D eigenvalue weighted by molar-refractivity contribution is 0.103. The van der Waals surface area contributed by atoms with E-state index < -0.39 is 0 Å². The fraction of sp³-hybridized carbons (Fsp3) is 0.667. The molecule has 3 rings (SSSR count). The largest absolute Gasteiger partial charge is 0.494 e. The lowest BCUT2D eigenvalue weighted by atomic mass is 9.80. The van der Waals surface area contributed by atoms with Gasteiger partial charge in [0.1, 0.15) is 0 Å². The summed E-state index contributed by atoms with van der Waals surface area (Å²) in [5.41, 5.74) is 1.21. The molecule has 0 aromatic heterocycles. The molecule has 23 heavy (non-hydrogen) atoms. The monoisotopic (exact) mass is 342 g/mol. The Hall–Kier alpha value is -0.840. The molecule has 0 amide bonds. The first-order chi connectivity index (χ1) is 10.8. The van der Waals surface area contributed by atoms with Gasteiger partial charge in [-0.3, -0.25) is 4.90 Å². The minimum absolute atomic E-state index is 0. The zero-order valence-corrected chi connectivity index (χ0v) is 14.7. The van der Waals surface area contributed by atoms with Crippen molar-refractivity contribution in [1.82, 2.24) is 10.2 Å². The van der Waals surface area contributed by atoms with E-state index >= 15 is 0 Å². The molecule has 2 fully saturated rings. The molecule has 1 aromatic rings. The van der Waals surface area contributed by atoms with Gasteiger partial charge >= 0.3 is 0 Å². The van der Waals surface area contributed by atoms with Crippen molar-refractivity contribution in [2.24, 2.45) is 5.92 Å². The van der Waals surface area contributed by atoms with Gasteiger partial charge in [-0.15, -0.1) is 12.4 Å². The van der Waals surface area contributed by atoms with Crippen LogP contribution in [0.2, 0.25) is 0 Å². The summed E-state index contributed by atoms with van der Waals surface area (Å²) < 4.78 is 19.0. The third kappa shape index (κ3) is 4.37. The van der Waals surface area contributed by atoms with Crippen molar-refractivity contribution in [3.63, 3.8) is 0 Å². The van der Waals surface area contributed by atoms with E-state index in [1.54, 1.807) is 13.2 Å². The van der Waals surface area contributed by atoms with Crippen molar-refractivity contribution in [3.05, 3.63) is 29.6 Å².